The molecule has 1 N–H and O–H groups in total. The summed E-state index contributed by atoms with van der Waals surface area (Å²) in [6.45, 7) is 6.05. The van der Waals surface area contributed by atoms with Gasteiger partial charge in [-0.3, -0.25) is 0 Å². The van der Waals surface area contributed by atoms with Crippen LogP contribution in [-0.2, 0) is 0 Å². The fraction of sp³-hybridized carbons (Fsp3) is 1.00. The van der Waals surface area contributed by atoms with Crippen LogP contribution in [0.25, 0.3) is 0 Å². The smallest absolute Gasteiger partial charge is 0.00492 e. The van der Waals surface area contributed by atoms with E-state index in [9.17, 15) is 0 Å². The van der Waals surface area contributed by atoms with Crippen LogP contribution in [0.5, 0.6) is 0 Å². The van der Waals surface area contributed by atoms with Crippen molar-refractivity contribution in [2.45, 2.75) is 46.0 Å². The van der Waals surface area contributed by atoms with Crippen molar-refractivity contribution in [2.75, 3.05) is 13.6 Å². The van der Waals surface area contributed by atoms with Crippen molar-refractivity contribution in [3.63, 3.8) is 0 Å². The summed E-state index contributed by atoms with van der Waals surface area (Å²) in [5.74, 6) is 2.91. The van der Waals surface area contributed by atoms with Gasteiger partial charge < -0.3 is 5.32 Å². The van der Waals surface area contributed by atoms with Gasteiger partial charge in [0.2, 0.25) is 0 Å². The molecule has 1 rings (SSSR count). The first kappa shape index (κ1) is 11.0. The lowest BCUT2D eigenvalue weighted by Gasteiger charge is -2.20. The molecular formula is C12H25N. The Morgan fingerprint density at radius 1 is 1.08 bits per heavy atom. The number of hydrogen-bond acceptors (Lipinski definition) is 1. The molecule has 1 heteroatoms. The molecule has 1 fully saturated rings. The molecule has 13 heavy (non-hydrogen) atoms. The predicted octanol–water partition coefficient (Wildman–Crippen LogP) is 3.06. The van der Waals surface area contributed by atoms with Gasteiger partial charge in [0.25, 0.3) is 0 Å². The Kier molecular flexibility index (Phi) is 4.79. The molecule has 1 aliphatic carbocycles. The van der Waals surface area contributed by atoms with Crippen molar-refractivity contribution in [3.05, 3.63) is 0 Å². The molecule has 0 aromatic carbocycles. The molecule has 3 unspecified atom stereocenters. The quantitative estimate of drug-likeness (QED) is 0.663. The summed E-state index contributed by atoms with van der Waals surface area (Å²) in [5, 5.41) is 3.27. The Morgan fingerprint density at radius 3 is 2.46 bits per heavy atom. The minimum absolute atomic E-state index is 0.957. The Balaban J connectivity index is 2.33. The minimum atomic E-state index is 0.957. The molecule has 0 aromatic rings. The Morgan fingerprint density at radius 2 is 1.77 bits per heavy atom. The summed E-state index contributed by atoms with van der Waals surface area (Å²) in [6, 6.07) is 0. The molecule has 3 atom stereocenters. The van der Waals surface area contributed by atoms with Crippen LogP contribution in [0.2, 0.25) is 0 Å². The van der Waals surface area contributed by atoms with E-state index in [2.05, 4.69) is 26.2 Å². The topological polar surface area (TPSA) is 12.0 Å². The lowest BCUT2D eigenvalue weighted by Crippen LogP contribution is -2.17. The molecule has 0 aromatic heterocycles. The minimum Gasteiger partial charge on any atom is -0.320 e. The Hall–Kier alpha value is -0.0400. The zero-order valence-electron chi connectivity index (χ0n) is 9.47. The van der Waals surface area contributed by atoms with Gasteiger partial charge >= 0.3 is 0 Å². The van der Waals surface area contributed by atoms with Crippen LogP contribution in [0.4, 0.5) is 0 Å². The first-order chi connectivity index (χ1) is 6.24. The van der Waals surface area contributed by atoms with Gasteiger partial charge in [-0.05, 0) is 44.2 Å². The van der Waals surface area contributed by atoms with Gasteiger partial charge in [-0.15, -0.1) is 0 Å². The second-order valence-electron chi connectivity index (χ2n) is 4.89. The van der Waals surface area contributed by atoms with E-state index in [4.69, 9.17) is 0 Å². The summed E-state index contributed by atoms with van der Waals surface area (Å²) in [6.07, 6.45) is 7.21. The first-order valence-electron chi connectivity index (χ1n) is 5.88. The van der Waals surface area contributed by atoms with Crippen LogP contribution in [0.1, 0.15) is 46.0 Å². The first-order valence-corrected chi connectivity index (χ1v) is 5.88. The number of hydrogen-bond donors (Lipinski definition) is 1. The highest BCUT2D eigenvalue weighted by molar-refractivity contribution is 4.73. The van der Waals surface area contributed by atoms with Crippen LogP contribution in [0, 0.1) is 17.8 Å². The molecule has 0 saturated heterocycles. The Labute approximate surface area is 83.3 Å². The predicted molar refractivity (Wildman–Crippen MR) is 58.8 cm³/mol. The second kappa shape index (κ2) is 5.64. The van der Waals surface area contributed by atoms with E-state index in [0.717, 1.165) is 17.8 Å². The van der Waals surface area contributed by atoms with Crippen LogP contribution in [0.3, 0.4) is 0 Å². The molecule has 1 nitrogen and oxygen atoms in total. The monoisotopic (exact) mass is 183 g/mol. The van der Waals surface area contributed by atoms with Gasteiger partial charge in [0.05, 0.1) is 0 Å². The van der Waals surface area contributed by atoms with Crippen LogP contribution >= 0.6 is 0 Å². The maximum atomic E-state index is 3.27. The highest BCUT2D eigenvalue weighted by atomic mass is 14.8. The van der Waals surface area contributed by atoms with Crippen molar-refractivity contribution in [2.24, 2.45) is 17.8 Å². The summed E-state index contributed by atoms with van der Waals surface area (Å²) in [5.41, 5.74) is 0. The van der Waals surface area contributed by atoms with Crippen LogP contribution in [0.15, 0.2) is 0 Å². The highest BCUT2D eigenvalue weighted by Gasteiger charge is 2.21. The molecule has 1 aliphatic rings. The highest BCUT2D eigenvalue weighted by Crippen LogP contribution is 2.32. The maximum absolute atomic E-state index is 3.27. The van der Waals surface area contributed by atoms with E-state index in [0.29, 0.717) is 0 Å². The third-order valence-electron chi connectivity index (χ3n) is 3.71. The second-order valence-corrected chi connectivity index (χ2v) is 4.89. The van der Waals surface area contributed by atoms with E-state index < -0.39 is 0 Å². The number of nitrogens with one attached hydrogen (secondary N) is 1. The lowest BCUT2D eigenvalue weighted by molar-refractivity contribution is 0.315. The zero-order chi connectivity index (χ0) is 9.68. The van der Waals surface area contributed by atoms with Crippen LogP contribution < -0.4 is 5.32 Å². The average Bonchev–Trinajstić information content (AvgIpc) is 2.28. The third kappa shape index (κ3) is 3.68. The third-order valence-corrected chi connectivity index (χ3v) is 3.71. The molecule has 0 heterocycles. The number of rotatable bonds is 3. The van der Waals surface area contributed by atoms with Crippen LogP contribution in [-0.4, -0.2) is 13.6 Å². The normalized spacial score (nSPS) is 35.8. The van der Waals surface area contributed by atoms with E-state index in [1.54, 1.807) is 0 Å². The van der Waals surface area contributed by atoms with Crippen molar-refractivity contribution < 1.29 is 0 Å². The van der Waals surface area contributed by atoms with Gasteiger partial charge in [0.15, 0.2) is 0 Å². The Bertz CT molecular complexity index is 133. The summed E-state index contributed by atoms with van der Waals surface area (Å²) >= 11 is 0. The molecule has 0 aliphatic heterocycles. The SMILES string of the molecule is CNCCC1CCC(C)CCC1C. The molecule has 0 amide bonds. The molecule has 1 saturated carbocycles. The van der Waals surface area contributed by atoms with E-state index in [1.165, 1.54) is 38.6 Å². The lowest BCUT2D eigenvalue weighted by atomic mass is 9.87. The molecule has 0 radical (unpaired) electrons. The van der Waals surface area contributed by atoms with Crippen molar-refractivity contribution in [1.82, 2.24) is 5.32 Å². The summed E-state index contributed by atoms with van der Waals surface area (Å²) in [7, 11) is 2.06. The van der Waals surface area contributed by atoms with Gasteiger partial charge in [-0.25, -0.2) is 0 Å². The summed E-state index contributed by atoms with van der Waals surface area (Å²) in [4.78, 5) is 0. The van der Waals surface area contributed by atoms with Crippen molar-refractivity contribution in [1.29, 1.82) is 0 Å². The fourth-order valence-electron chi connectivity index (χ4n) is 2.47. The van der Waals surface area contributed by atoms with Crippen molar-refractivity contribution in [3.8, 4) is 0 Å². The van der Waals surface area contributed by atoms with E-state index >= 15 is 0 Å². The fourth-order valence-corrected chi connectivity index (χ4v) is 2.47. The van der Waals surface area contributed by atoms with Gasteiger partial charge in [0.1, 0.15) is 0 Å². The molecule has 78 valence electrons. The van der Waals surface area contributed by atoms with Gasteiger partial charge in [-0.1, -0.05) is 33.1 Å². The van der Waals surface area contributed by atoms with E-state index in [1.807, 2.05) is 0 Å². The van der Waals surface area contributed by atoms with Crippen molar-refractivity contribution >= 4 is 0 Å². The largest absolute Gasteiger partial charge is 0.320 e. The van der Waals surface area contributed by atoms with Gasteiger partial charge in [0, 0.05) is 0 Å². The standard InChI is InChI=1S/C12H25N/c1-10-4-6-11(2)12(7-5-10)8-9-13-3/h10-13H,4-9H2,1-3H3. The molecular weight excluding hydrogens is 158 g/mol. The molecule has 0 spiro atoms. The summed E-state index contributed by atoms with van der Waals surface area (Å²) < 4.78 is 0. The van der Waals surface area contributed by atoms with E-state index in [-0.39, 0.29) is 0 Å². The average molecular weight is 183 g/mol. The van der Waals surface area contributed by atoms with Gasteiger partial charge in [-0.2, -0.15) is 0 Å². The molecule has 0 bridgehead atoms. The maximum Gasteiger partial charge on any atom is -0.00492 e. The zero-order valence-corrected chi connectivity index (χ0v) is 9.47.